The molecule has 1 amide bonds. The van der Waals surface area contributed by atoms with E-state index in [9.17, 15) is 19.8 Å². The largest absolute Gasteiger partial charge is 0.478 e. The van der Waals surface area contributed by atoms with Crippen LogP contribution in [0.2, 0.25) is 0 Å². The molecule has 3 aromatic carbocycles. The minimum atomic E-state index is -1.25. The molecule has 0 saturated heterocycles. The van der Waals surface area contributed by atoms with Gasteiger partial charge in [0.1, 0.15) is 0 Å². The highest BCUT2D eigenvalue weighted by Gasteiger charge is 2.26. The summed E-state index contributed by atoms with van der Waals surface area (Å²) in [7, 11) is 0. The summed E-state index contributed by atoms with van der Waals surface area (Å²) in [5.74, 6) is -1.19. The molecular formula is C20H15NO4. The quantitative estimate of drug-likeness (QED) is 0.714. The van der Waals surface area contributed by atoms with Gasteiger partial charge >= 0.3 is 12.1 Å². The maximum atomic E-state index is 12.0. The van der Waals surface area contributed by atoms with Crippen LogP contribution in [0.25, 0.3) is 11.1 Å². The van der Waals surface area contributed by atoms with Crippen molar-refractivity contribution >= 4 is 23.4 Å². The van der Waals surface area contributed by atoms with E-state index in [4.69, 9.17) is 0 Å². The van der Waals surface area contributed by atoms with Gasteiger partial charge in [0.25, 0.3) is 0 Å². The smallest absolute Gasteiger partial charge is 0.416 e. The number of rotatable bonds is 4. The van der Waals surface area contributed by atoms with E-state index in [0.29, 0.717) is 11.3 Å². The van der Waals surface area contributed by atoms with Crippen molar-refractivity contribution in [3.8, 4) is 11.1 Å². The molecular weight excluding hydrogens is 318 g/mol. The minimum Gasteiger partial charge on any atom is -0.478 e. The summed E-state index contributed by atoms with van der Waals surface area (Å²) >= 11 is 0. The zero-order valence-electron chi connectivity index (χ0n) is 13.2. The highest BCUT2D eigenvalue weighted by Crippen LogP contribution is 2.38. The molecule has 0 fully saturated rings. The number of hydrogen-bond acceptors (Lipinski definition) is 2. The third-order valence-electron chi connectivity index (χ3n) is 3.78. The number of hydrogen-bond donors (Lipinski definition) is 2. The number of carboxylic acid groups (broad SMARTS) is 2. The molecule has 25 heavy (non-hydrogen) atoms. The first-order chi connectivity index (χ1) is 12.1. The molecule has 0 radical (unpaired) electrons. The van der Waals surface area contributed by atoms with Crippen LogP contribution in [-0.2, 0) is 0 Å². The second-order valence-corrected chi connectivity index (χ2v) is 5.33. The fourth-order valence-electron chi connectivity index (χ4n) is 2.72. The Balaban J connectivity index is 2.32. The predicted octanol–water partition coefficient (Wildman–Crippen LogP) is 4.87. The lowest BCUT2D eigenvalue weighted by Crippen LogP contribution is -2.26. The van der Waals surface area contributed by atoms with Crippen LogP contribution in [0, 0.1) is 0 Å². The number of anilines is 2. The van der Waals surface area contributed by atoms with Gasteiger partial charge in [-0.25, -0.2) is 14.5 Å². The standard InChI is InChI=1S/C20H15NO4/c22-19(23)17-13-7-12-16(14-8-3-1-4-9-14)18(17)21(20(24)25)15-10-5-2-6-11-15/h1-13H,(H,22,23)(H,24,25). The molecule has 0 aliphatic rings. The van der Waals surface area contributed by atoms with Gasteiger partial charge in [-0.2, -0.15) is 0 Å². The van der Waals surface area contributed by atoms with Crippen LogP contribution in [0.15, 0.2) is 78.9 Å². The molecule has 0 spiro atoms. The second kappa shape index (κ2) is 6.88. The first-order valence-electron chi connectivity index (χ1n) is 7.59. The summed E-state index contributed by atoms with van der Waals surface area (Å²) in [5.41, 5.74) is 1.70. The molecule has 3 rings (SSSR count). The SMILES string of the molecule is O=C(O)c1cccc(-c2ccccc2)c1N(C(=O)O)c1ccccc1. The Morgan fingerprint density at radius 2 is 1.32 bits per heavy atom. The van der Waals surface area contributed by atoms with Gasteiger partial charge < -0.3 is 10.2 Å². The number of aromatic carboxylic acids is 1. The van der Waals surface area contributed by atoms with E-state index in [0.717, 1.165) is 10.5 Å². The Hall–Kier alpha value is -3.60. The van der Waals surface area contributed by atoms with Gasteiger partial charge in [-0.05, 0) is 23.8 Å². The predicted molar refractivity (Wildman–Crippen MR) is 95.4 cm³/mol. The van der Waals surface area contributed by atoms with Crippen LogP contribution >= 0.6 is 0 Å². The van der Waals surface area contributed by atoms with Gasteiger partial charge in [-0.3, -0.25) is 0 Å². The molecule has 3 aromatic rings. The number of carboxylic acids is 1. The molecule has 0 aliphatic carbocycles. The number of nitrogens with zero attached hydrogens (tertiary/aromatic N) is 1. The van der Waals surface area contributed by atoms with Gasteiger partial charge in [0.15, 0.2) is 0 Å². The molecule has 0 bridgehead atoms. The summed E-state index contributed by atoms with van der Waals surface area (Å²) in [6, 6.07) is 22.3. The lowest BCUT2D eigenvalue weighted by atomic mass is 9.98. The summed E-state index contributed by atoms with van der Waals surface area (Å²) in [6.45, 7) is 0. The topological polar surface area (TPSA) is 77.8 Å². The molecule has 124 valence electrons. The average molecular weight is 333 g/mol. The van der Waals surface area contributed by atoms with E-state index in [1.54, 1.807) is 42.5 Å². The fraction of sp³-hybridized carbons (Fsp3) is 0. The van der Waals surface area contributed by atoms with Crippen LogP contribution < -0.4 is 4.90 Å². The van der Waals surface area contributed by atoms with E-state index < -0.39 is 12.1 Å². The van der Waals surface area contributed by atoms with Crippen LogP contribution in [0.5, 0.6) is 0 Å². The molecule has 5 nitrogen and oxygen atoms in total. The second-order valence-electron chi connectivity index (χ2n) is 5.33. The van der Waals surface area contributed by atoms with Crippen molar-refractivity contribution < 1.29 is 19.8 Å². The summed E-state index contributed by atoms with van der Waals surface area (Å²) < 4.78 is 0. The fourth-order valence-corrected chi connectivity index (χ4v) is 2.72. The van der Waals surface area contributed by atoms with Gasteiger partial charge in [0.05, 0.1) is 16.9 Å². The monoisotopic (exact) mass is 333 g/mol. The van der Waals surface area contributed by atoms with Crippen LogP contribution in [-0.4, -0.2) is 22.3 Å². The van der Waals surface area contributed by atoms with Gasteiger partial charge in [0, 0.05) is 5.56 Å². The number of benzene rings is 3. The molecule has 0 aliphatic heterocycles. The molecule has 2 N–H and O–H groups in total. The lowest BCUT2D eigenvalue weighted by Gasteiger charge is -2.24. The number of amides is 1. The lowest BCUT2D eigenvalue weighted by molar-refractivity contribution is 0.0698. The Bertz CT molecular complexity index is 907. The Labute approximate surface area is 144 Å². The number of carbonyl (C=O) groups is 2. The van der Waals surface area contributed by atoms with E-state index in [1.165, 1.54) is 6.07 Å². The average Bonchev–Trinajstić information content (AvgIpc) is 2.63. The van der Waals surface area contributed by atoms with Crippen molar-refractivity contribution in [3.05, 3.63) is 84.4 Å². The Kier molecular flexibility index (Phi) is 4.48. The third kappa shape index (κ3) is 3.21. The van der Waals surface area contributed by atoms with Gasteiger partial charge in [0.2, 0.25) is 0 Å². The summed E-state index contributed by atoms with van der Waals surface area (Å²) in [4.78, 5) is 24.7. The number of para-hydroxylation sites is 2. The van der Waals surface area contributed by atoms with Crippen LogP contribution in [0.3, 0.4) is 0 Å². The zero-order valence-corrected chi connectivity index (χ0v) is 13.2. The molecule has 0 aromatic heterocycles. The Morgan fingerprint density at radius 1 is 0.720 bits per heavy atom. The molecule has 0 unspecified atom stereocenters. The molecule has 0 atom stereocenters. The van der Waals surface area contributed by atoms with E-state index >= 15 is 0 Å². The highest BCUT2D eigenvalue weighted by molar-refractivity contribution is 6.08. The third-order valence-corrected chi connectivity index (χ3v) is 3.78. The summed E-state index contributed by atoms with van der Waals surface area (Å²) in [5, 5.41) is 19.4. The normalized spacial score (nSPS) is 10.2. The first-order valence-corrected chi connectivity index (χ1v) is 7.59. The summed E-state index contributed by atoms with van der Waals surface area (Å²) in [6.07, 6.45) is -1.25. The van der Waals surface area contributed by atoms with E-state index in [1.807, 2.05) is 30.3 Å². The molecule has 5 heteroatoms. The van der Waals surface area contributed by atoms with Crippen LogP contribution in [0.1, 0.15) is 10.4 Å². The van der Waals surface area contributed by atoms with Crippen molar-refractivity contribution in [1.82, 2.24) is 0 Å². The van der Waals surface area contributed by atoms with Crippen molar-refractivity contribution in [2.45, 2.75) is 0 Å². The van der Waals surface area contributed by atoms with Gasteiger partial charge in [-0.15, -0.1) is 0 Å². The van der Waals surface area contributed by atoms with Crippen LogP contribution in [0.4, 0.5) is 16.2 Å². The Morgan fingerprint density at radius 3 is 1.88 bits per heavy atom. The van der Waals surface area contributed by atoms with Gasteiger partial charge in [-0.1, -0.05) is 60.7 Å². The zero-order chi connectivity index (χ0) is 17.8. The van der Waals surface area contributed by atoms with E-state index in [-0.39, 0.29) is 11.3 Å². The van der Waals surface area contributed by atoms with E-state index in [2.05, 4.69) is 0 Å². The maximum Gasteiger partial charge on any atom is 0.416 e. The molecule has 0 heterocycles. The van der Waals surface area contributed by atoms with Crippen molar-refractivity contribution in [3.63, 3.8) is 0 Å². The molecule has 0 saturated carbocycles. The van der Waals surface area contributed by atoms with Crippen molar-refractivity contribution in [1.29, 1.82) is 0 Å². The first kappa shape index (κ1) is 16.3. The van der Waals surface area contributed by atoms with Crippen molar-refractivity contribution in [2.75, 3.05) is 4.90 Å². The van der Waals surface area contributed by atoms with Crippen molar-refractivity contribution in [2.24, 2.45) is 0 Å². The maximum absolute atomic E-state index is 12.0. The minimum absolute atomic E-state index is 0.0763. The highest BCUT2D eigenvalue weighted by atomic mass is 16.4.